The van der Waals surface area contributed by atoms with Crippen LogP contribution in [0.1, 0.15) is 13.8 Å². The topological polar surface area (TPSA) is 93.7 Å². The molecule has 0 aromatic heterocycles. The number of benzene rings is 1. The van der Waals surface area contributed by atoms with Crippen molar-refractivity contribution in [3.8, 4) is 5.75 Å². The minimum atomic E-state index is -3.64. The Hall–Kier alpha value is -1.64. The van der Waals surface area contributed by atoms with E-state index in [1.54, 1.807) is 13.8 Å². The first kappa shape index (κ1) is 15.7. The molecule has 0 unspecified atom stereocenters. The van der Waals surface area contributed by atoms with Crippen molar-refractivity contribution < 1.29 is 22.7 Å². The highest BCUT2D eigenvalue weighted by atomic mass is 32.2. The van der Waals surface area contributed by atoms with Gasteiger partial charge < -0.3 is 14.8 Å². The van der Waals surface area contributed by atoms with Gasteiger partial charge in [-0.05, 0) is 26.0 Å². The van der Waals surface area contributed by atoms with Crippen molar-refractivity contribution in [2.45, 2.75) is 24.3 Å². The summed E-state index contributed by atoms with van der Waals surface area (Å²) in [6, 6.07) is 4.31. The van der Waals surface area contributed by atoms with Crippen LogP contribution in [0.2, 0.25) is 0 Å². The molecule has 0 saturated carbocycles. The van der Waals surface area contributed by atoms with Gasteiger partial charge in [0.25, 0.3) is 5.91 Å². The number of hydrogen-bond acceptors (Lipinski definition) is 5. The van der Waals surface area contributed by atoms with Crippen LogP contribution in [-0.2, 0) is 19.6 Å². The number of amides is 1. The molecule has 0 radical (unpaired) electrons. The quantitative estimate of drug-likeness (QED) is 0.781. The molecular weight excluding hydrogens is 296 g/mol. The maximum Gasteiger partial charge on any atom is 0.268 e. The number of fused-ring (bicyclic) bond motifs is 1. The van der Waals surface area contributed by atoms with Crippen molar-refractivity contribution >= 4 is 21.6 Å². The summed E-state index contributed by atoms with van der Waals surface area (Å²) < 4.78 is 37.0. The summed E-state index contributed by atoms with van der Waals surface area (Å²) in [7, 11) is -2.15. The first-order chi connectivity index (χ1) is 9.76. The van der Waals surface area contributed by atoms with E-state index in [2.05, 4.69) is 10.0 Å². The SMILES string of the molecule is COCCNS(=O)(=O)c1ccc2c(c1)OC(C)(C)C(=O)N2. The number of methoxy groups -OCH3 is 1. The third-order valence-electron chi connectivity index (χ3n) is 3.02. The van der Waals surface area contributed by atoms with E-state index < -0.39 is 15.6 Å². The van der Waals surface area contributed by atoms with E-state index in [1.165, 1.54) is 25.3 Å². The second-order valence-corrected chi connectivity index (χ2v) is 6.88. The van der Waals surface area contributed by atoms with Crippen LogP contribution < -0.4 is 14.8 Å². The second kappa shape index (κ2) is 5.63. The smallest absolute Gasteiger partial charge is 0.268 e. The van der Waals surface area contributed by atoms with Crippen LogP contribution >= 0.6 is 0 Å². The van der Waals surface area contributed by atoms with E-state index in [1.807, 2.05) is 0 Å². The van der Waals surface area contributed by atoms with Crippen LogP contribution in [0.5, 0.6) is 5.75 Å². The van der Waals surface area contributed by atoms with Crippen molar-refractivity contribution in [1.29, 1.82) is 0 Å². The number of ether oxygens (including phenoxy) is 2. The van der Waals surface area contributed by atoms with Gasteiger partial charge in [0.1, 0.15) is 5.75 Å². The largest absolute Gasteiger partial charge is 0.476 e. The fraction of sp³-hybridized carbons (Fsp3) is 0.462. The van der Waals surface area contributed by atoms with Crippen LogP contribution in [0.4, 0.5) is 5.69 Å². The zero-order chi connectivity index (χ0) is 15.7. The van der Waals surface area contributed by atoms with Gasteiger partial charge in [0.05, 0.1) is 17.2 Å². The molecule has 0 bridgehead atoms. The molecule has 1 aliphatic rings. The van der Waals surface area contributed by atoms with Crippen LogP contribution in [0, 0.1) is 0 Å². The highest BCUT2D eigenvalue weighted by Gasteiger charge is 2.35. The molecule has 8 heteroatoms. The van der Waals surface area contributed by atoms with Crippen LogP contribution in [0.15, 0.2) is 23.1 Å². The van der Waals surface area contributed by atoms with Crippen molar-refractivity contribution in [2.24, 2.45) is 0 Å². The molecule has 2 rings (SSSR count). The van der Waals surface area contributed by atoms with Crippen molar-refractivity contribution in [1.82, 2.24) is 4.72 Å². The van der Waals surface area contributed by atoms with Gasteiger partial charge >= 0.3 is 0 Å². The third kappa shape index (κ3) is 3.34. The minimum Gasteiger partial charge on any atom is -0.476 e. The van der Waals surface area contributed by atoms with Crippen LogP contribution in [0.25, 0.3) is 0 Å². The number of sulfonamides is 1. The van der Waals surface area contributed by atoms with E-state index in [4.69, 9.17) is 9.47 Å². The fourth-order valence-corrected chi connectivity index (χ4v) is 2.84. The van der Waals surface area contributed by atoms with Crippen LogP contribution in [-0.4, -0.2) is 40.2 Å². The summed E-state index contributed by atoms with van der Waals surface area (Å²) in [5, 5.41) is 2.68. The fourth-order valence-electron chi connectivity index (χ4n) is 1.81. The van der Waals surface area contributed by atoms with Gasteiger partial charge in [0.15, 0.2) is 5.60 Å². The zero-order valence-electron chi connectivity index (χ0n) is 12.1. The molecule has 1 aliphatic heterocycles. The lowest BCUT2D eigenvalue weighted by atomic mass is 10.1. The molecule has 1 amide bonds. The third-order valence-corrected chi connectivity index (χ3v) is 4.48. The van der Waals surface area contributed by atoms with Crippen molar-refractivity contribution in [3.05, 3.63) is 18.2 Å². The Labute approximate surface area is 123 Å². The summed E-state index contributed by atoms with van der Waals surface area (Å²) in [6.45, 7) is 3.69. The molecule has 0 saturated heterocycles. The molecule has 2 N–H and O–H groups in total. The Morgan fingerprint density at radius 1 is 1.38 bits per heavy atom. The van der Waals surface area contributed by atoms with Gasteiger partial charge in [-0.1, -0.05) is 0 Å². The van der Waals surface area contributed by atoms with Gasteiger partial charge in [0.2, 0.25) is 10.0 Å². The molecule has 0 fully saturated rings. The Balaban J connectivity index is 2.27. The van der Waals surface area contributed by atoms with Crippen molar-refractivity contribution in [3.63, 3.8) is 0 Å². The zero-order valence-corrected chi connectivity index (χ0v) is 12.9. The van der Waals surface area contributed by atoms with E-state index in [0.29, 0.717) is 11.4 Å². The van der Waals surface area contributed by atoms with Gasteiger partial charge in [-0.25, -0.2) is 13.1 Å². The molecule has 116 valence electrons. The summed E-state index contributed by atoms with van der Waals surface area (Å²) in [5.41, 5.74) is -0.589. The normalized spacial score (nSPS) is 16.8. The lowest BCUT2D eigenvalue weighted by Crippen LogP contribution is -2.45. The lowest BCUT2D eigenvalue weighted by Gasteiger charge is -2.31. The first-order valence-electron chi connectivity index (χ1n) is 6.39. The lowest BCUT2D eigenvalue weighted by molar-refractivity contribution is -0.129. The molecule has 21 heavy (non-hydrogen) atoms. The van der Waals surface area contributed by atoms with Gasteiger partial charge in [-0.15, -0.1) is 0 Å². The molecular formula is C13H18N2O5S. The Bertz CT molecular complexity index is 655. The average molecular weight is 314 g/mol. The Morgan fingerprint density at radius 2 is 2.10 bits per heavy atom. The summed E-state index contributed by atoms with van der Waals surface area (Å²) in [6.07, 6.45) is 0. The summed E-state index contributed by atoms with van der Waals surface area (Å²) in [4.78, 5) is 11.8. The van der Waals surface area contributed by atoms with Gasteiger partial charge in [-0.2, -0.15) is 0 Å². The maximum atomic E-state index is 12.1. The van der Waals surface area contributed by atoms with Gasteiger partial charge in [0, 0.05) is 19.7 Å². The van der Waals surface area contributed by atoms with E-state index >= 15 is 0 Å². The number of nitrogens with one attached hydrogen (secondary N) is 2. The molecule has 1 aromatic rings. The predicted octanol–water partition coefficient (Wildman–Crippen LogP) is 0.721. The van der Waals surface area contributed by atoms with E-state index in [-0.39, 0.29) is 24.0 Å². The number of carbonyl (C=O) groups excluding carboxylic acids is 1. The number of hydrogen-bond donors (Lipinski definition) is 2. The Kier molecular flexibility index (Phi) is 4.22. The highest BCUT2D eigenvalue weighted by molar-refractivity contribution is 7.89. The molecule has 0 aliphatic carbocycles. The predicted molar refractivity (Wildman–Crippen MR) is 76.8 cm³/mol. The first-order valence-corrected chi connectivity index (χ1v) is 7.88. The number of anilines is 1. The second-order valence-electron chi connectivity index (χ2n) is 5.12. The van der Waals surface area contributed by atoms with Crippen molar-refractivity contribution in [2.75, 3.05) is 25.6 Å². The maximum absolute atomic E-state index is 12.1. The van der Waals surface area contributed by atoms with E-state index in [9.17, 15) is 13.2 Å². The molecule has 0 spiro atoms. The molecule has 1 aromatic carbocycles. The number of rotatable bonds is 5. The highest BCUT2D eigenvalue weighted by Crippen LogP contribution is 2.35. The summed E-state index contributed by atoms with van der Waals surface area (Å²) in [5.74, 6) is 0.0537. The van der Waals surface area contributed by atoms with Crippen LogP contribution in [0.3, 0.4) is 0 Å². The molecule has 1 heterocycles. The molecule has 7 nitrogen and oxygen atoms in total. The Morgan fingerprint density at radius 3 is 2.76 bits per heavy atom. The average Bonchev–Trinajstić information content (AvgIpc) is 2.39. The van der Waals surface area contributed by atoms with Gasteiger partial charge in [-0.3, -0.25) is 4.79 Å². The van der Waals surface area contributed by atoms with E-state index in [0.717, 1.165) is 0 Å². The summed E-state index contributed by atoms with van der Waals surface area (Å²) >= 11 is 0. The molecule has 0 atom stereocenters. The monoisotopic (exact) mass is 314 g/mol. The number of carbonyl (C=O) groups is 1. The minimum absolute atomic E-state index is 0.0734. The standard InChI is InChI=1S/C13H18N2O5S/c1-13(2)12(16)15-10-5-4-9(8-11(10)20-13)21(17,18)14-6-7-19-3/h4-5,8,14H,6-7H2,1-3H3,(H,15,16).